The summed E-state index contributed by atoms with van der Waals surface area (Å²) >= 11 is 0. The van der Waals surface area contributed by atoms with Crippen molar-refractivity contribution >= 4 is 17.5 Å². The topological polar surface area (TPSA) is 68.3 Å². The third-order valence-electron chi connectivity index (χ3n) is 4.09. The minimum atomic E-state index is -0.225. The Morgan fingerprint density at radius 2 is 1.78 bits per heavy atom. The van der Waals surface area contributed by atoms with E-state index in [0.717, 1.165) is 23.4 Å². The summed E-state index contributed by atoms with van der Waals surface area (Å²) in [6.07, 6.45) is 2.46. The molecule has 1 aliphatic heterocycles. The molecule has 4 rings (SSSR count). The number of hydrogen-bond donors (Lipinski definition) is 2. The summed E-state index contributed by atoms with van der Waals surface area (Å²) in [4.78, 5) is 8.71. The zero-order valence-corrected chi connectivity index (χ0v) is 14.6. The molecule has 0 radical (unpaired) electrons. The van der Waals surface area contributed by atoms with Gasteiger partial charge < -0.3 is 20.1 Å². The molecular weight excluding hydrogens is 347 g/mol. The van der Waals surface area contributed by atoms with Gasteiger partial charge >= 0.3 is 0 Å². The first kappa shape index (κ1) is 17.1. The highest BCUT2D eigenvalue weighted by Gasteiger charge is 2.12. The Hall–Kier alpha value is -3.35. The maximum absolute atomic E-state index is 12.9. The van der Waals surface area contributed by atoms with Crippen LogP contribution < -0.4 is 20.1 Å². The van der Waals surface area contributed by atoms with Gasteiger partial charge in [-0.1, -0.05) is 12.1 Å². The van der Waals surface area contributed by atoms with Gasteiger partial charge in [-0.3, -0.25) is 0 Å². The molecule has 0 fully saturated rings. The minimum absolute atomic E-state index is 0.225. The van der Waals surface area contributed by atoms with E-state index in [0.29, 0.717) is 37.3 Å². The van der Waals surface area contributed by atoms with Crippen molar-refractivity contribution in [3.63, 3.8) is 0 Å². The van der Waals surface area contributed by atoms with Crippen LogP contribution in [-0.2, 0) is 6.42 Å². The average Bonchev–Trinajstić information content (AvgIpc) is 2.70. The van der Waals surface area contributed by atoms with Gasteiger partial charge in [-0.05, 0) is 42.3 Å². The SMILES string of the molecule is Fc1ccc(CCNc2ccnc(Nc3ccc4c(c3)OCCO4)n2)cc1. The van der Waals surface area contributed by atoms with Gasteiger partial charge in [0.25, 0.3) is 0 Å². The molecule has 0 saturated heterocycles. The molecule has 2 N–H and O–H groups in total. The molecule has 7 heteroatoms. The zero-order valence-electron chi connectivity index (χ0n) is 14.6. The van der Waals surface area contributed by atoms with Crippen LogP contribution in [0.3, 0.4) is 0 Å². The molecule has 2 aromatic carbocycles. The molecule has 0 atom stereocenters. The largest absolute Gasteiger partial charge is 0.486 e. The molecule has 0 bridgehead atoms. The van der Waals surface area contributed by atoms with Crippen molar-refractivity contribution in [1.29, 1.82) is 0 Å². The second-order valence-electron chi connectivity index (χ2n) is 6.05. The van der Waals surface area contributed by atoms with Crippen LogP contribution in [0, 0.1) is 5.82 Å². The zero-order chi connectivity index (χ0) is 18.5. The van der Waals surface area contributed by atoms with E-state index in [2.05, 4.69) is 20.6 Å². The lowest BCUT2D eigenvalue weighted by atomic mass is 10.1. The summed E-state index contributed by atoms with van der Waals surface area (Å²) in [5.41, 5.74) is 1.88. The molecule has 0 amide bonds. The van der Waals surface area contributed by atoms with Crippen molar-refractivity contribution in [2.24, 2.45) is 0 Å². The van der Waals surface area contributed by atoms with E-state index in [4.69, 9.17) is 9.47 Å². The van der Waals surface area contributed by atoms with Crippen molar-refractivity contribution in [2.45, 2.75) is 6.42 Å². The molecule has 6 nitrogen and oxygen atoms in total. The molecule has 2 heterocycles. The standard InChI is InChI=1S/C20H19FN4O2/c21-15-3-1-14(2-4-15)7-9-22-19-8-10-23-20(25-19)24-16-5-6-17-18(13-16)27-12-11-26-17/h1-6,8,10,13H,7,9,11-12H2,(H2,22,23,24,25). The lowest BCUT2D eigenvalue weighted by Gasteiger charge is -2.19. The predicted molar refractivity (Wildman–Crippen MR) is 101 cm³/mol. The molecular formula is C20H19FN4O2. The molecule has 27 heavy (non-hydrogen) atoms. The molecule has 0 unspecified atom stereocenters. The van der Waals surface area contributed by atoms with Crippen molar-refractivity contribution in [1.82, 2.24) is 9.97 Å². The fourth-order valence-corrected chi connectivity index (χ4v) is 2.75. The van der Waals surface area contributed by atoms with E-state index in [-0.39, 0.29) is 5.82 Å². The third-order valence-corrected chi connectivity index (χ3v) is 4.09. The molecule has 1 aromatic heterocycles. The van der Waals surface area contributed by atoms with E-state index in [1.54, 1.807) is 24.4 Å². The van der Waals surface area contributed by atoms with Gasteiger partial charge in [-0.15, -0.1) is 0 Å². The first-order valence-corrected chi connectivity index (χ1v) is 8.74. The van der Waals surface area contributed by atoms with Gasteiger partial charge in [0.05, 0.1) is 0 Å². The average molecular weight is 366 g/mol. The number of hydrogen-bond acceptors (Lipinski definition) is 6. The first-order valence-electron chi connectivity index (χ1n) is 8.74. The molecule has 0 aliphatic carbocycles. The summed E-state index contributed by atoms with van der Waals surface area (Å²) in [7, 11) is 0. The number of benzene rings is 2. The van der Waals surface area contributed by atoms with E-state index < -0.39 is 0 Å². The number of rotatable bonds is 6. The van der Waals surface area contributed by atoms with Crippen LogP contribution in [-0.4, -0.2) is 29.7 Å². The van der Waals surface area contributed by atoms with Crippen molar-refractivity contribution in [3.8, 4) is 11.5 Å². The smallest absolute Gasteiger partial charge is 0.229 e. The quantitative estimate of drug-likeness (QED) is 0.692. The summed E-state index contributed by atoms with van der Waals surface area (Å²) in [5.74, 6) is 2.42. The summed E-state index contributed by atoms with van der Waals surface area (Å²) in [6, 6.07) is 13.9. The van der Waals surface area contributed by atoms with E-state index in [1.807, 2.05) is 18.2 Å². The van der Waals surface area contributed by atoms with E-state index in [1.165, 1.54) is 12.1 Å². The Balaban J connectivity index is 1.36. The predicted octanol–water partition coefficient (Wildman–Crippen LogP) is 3.79. The Morgan fingerprint density at radius 1 is 0.963 bits per heavy atom. The maximum atomic E-state index is 12.9. The number of nitrogens with zero attached hydrogens (tertiary/aromatic N) is 2. The first-order chi connectivity index (χ1) is 13.3. The number of halogens is 1. The Morgan fingerprint density at radius 3 is 2.63 bits per heavy atom. The lowest BCUT2D eigenvalue weighted by molar-refractivity contribution is 0.171. The number of fused-ring (bicyclic) bond motifs is 1. The van der Waals surface area contributed by atoms with Crippen LogP contribution in [0.15, 0.2) is 54.7 Å². The Kier molecular flexibility index (Phi) is 5.00. The molecule has 3 aromatic rings. The van der Waals surface area contributed by atoms with Gasteiger partial charge in [-0.25, -0.2) is 9.37 Å². The van der Waals surface area contributed by atoms with Gasteiger partial charge in [0.2, 0.25) is 5.95 Å². The number of aromatic nitrogens is 2. The second kappa shape index (κ2) is 7.90. The fourth-order valence-electron chi connectivity index (χ4n) is 2.75. The maximum Gasteiger partial charge on any atom is 0.229 e. The minimum Gasteiger partial charge on any atom is -0.486 e. The Bertz CT molecular complexity index is 918. The highest BCUT2D eigenvalue weighted by molar-refractivity contribution is 5.60. The van der Waals surface area contributed by atoms with E-state index in [9.17, 15) is 4.39 Å². The third kappa shape index (κ3) is 4.44. The number of anilines is 3. The van der Waals surface area contributed by atoms with Gasteiger partial charge in [0.1, 0.15) is 24.8 Å². The van der Waals surface area contributed by atoms with Crippen LogP contribution >= 0.6 is 0 Å². The highest BCUT2D eigenvalue weighted by Crippen LogP contribution is 2.33. The molecule has 1 aliphatic rings. The van der Waals surface area contributed by atoms with Crippen LogP contribution in [0.4, 0.5) is 21.8 Å². The fraction of sp³-hybridized carbons (Fsp3) is 0.200. The van der Waals surface area contributed by atoms with E-state index >= 15 is 0 Å². The highest BCUT2D eigenvalue weighted by atomic mass is 19.1. The monoisotopic (exact) mass is 366 g/mol. The van der Waals surface area contributed by atoms with Gasteiger partial charge in [0, 0.05) is 24.5 Å². The summed E-state index contributed by atoms with van der Waals surface area (Å²) in [6.45, 7) is 1.79. The van der Waals surface area contributed by atoms with Crippen LogP contribution in [0.5, 0.6) is 11.5 Å². The van der Waals surface area contributed by atoms with Crippen molar-refractivity contribution < 1.29 is 13.9 Å². The normalized spacial score (nSPS) is 12.5. The van der Waals surface area contributed by atoms with Crippen LogP contribution in [0.2, 0.25) is 0 Å². The number of nitrogens with one attached hydrogen (secondary N) is 2. The second-order valence-corrected chi connectivity index (χ2v) is 6.05. The summed E-state index contributed by atoms with van der Waals surface area (Å²) < 4.78 is 24.0. The van der Waals surface area contributed by atoms with Crippen molar-refractivity contribution in [3.05, 3.63) is 66.1 Å². The molecule has 0 saturated carbocycles. The lowest BCUT2D eigenvalue weighted by Crippen LogP contribution is -2.15. The van der Waals surface area contributed by atoms with Crippen molar-refractivity contribution in [2.75, 3.05) is 30.4 Å². The van der Waals surface area contributed by atoms with Crippen LogP contribution in [0.25, 0.3) is 0 Å². The summed E-state index contributed by atoms with van der Waals surface area (Å²) in [5, 5.41) is 6.42. The van der Waals surface area contributed by atoms with Gasteiger partial charge in [0.15, 0.2) is 11.5 Å². The molecule has 138 valence electrons. The van der Waals surface area contributed by atoms with Gasteiger partial charge in [-0.2, -0.15) is 4.98 Å². The number of ether oxygens (including phenoxy) is 2. The molecule has 0 spiro atoms. The van der Waals surface area contributed by atoms with Crippen LogP contribution in [0.1, 0.15) is 5.56 Å². The Labute approximate surface area is 156 Å².